The maximum Gasteiger partial charge on any atom is 0.319 e. The minimum Gasteiger partial charge on any atom is -0.326 e. The molecule has 0 aliphatic rings. The second kappa shape index (κ2) is 10.8. The molecule has 2 aromatic rings. The lowest BCUT2D eigenvalue weighted by atomic mass is 10.3. The first-order chi connectivity index (χ1) is 13.3. The molecule has 10 heteroatoms. The third-order valence-electron chi connectivity index (χ3n) is 3.35. The molecule has 148 valence electrons. The van der Waals surface area contributed by atoms with Crippen molar-refractivity contribution >= 4 is 58.5 Å². The van der Waals surface area contributed by atoms with Crippen LogP contribution in [-0.2, 0) is 9.59 Å². The van der Waals surface area contributed by atoms with E-state index in [0.29, 0.717) is 20.6 Å². The number of hydrogen-bond acceptors (Lipinski definition) is 4. The lowest BCUT2D eigenvalue weighted by Gasteiger charge is -2.15. The first kappa shape index (κ1) is 21.9. The molecule has 2 aromatic carbocycles. The van der Waals surface area contributed by atoms with Gasteiger partial charge in [-0.1, -0.05) is 41.4 Å². The second-order valence-electron chi connectivity index (χ2n) is 5.59. The number of amides is 4. The molecule has 4 N–H and O–H groups in total. The van der Waals surface area contributed by atoms with Crippen LogP contribution in [0.15, 0.2) is 53.4 Å². The topological polar surface area (TPSA) is 99.3 Å². The van der Waals surface area contributed by atoms with Crippen molar-refractivity contribution in [2.45, 2.75) is 17.9 Å². The predicted molar refractivity (Wildman–Crippen MR) is 112 cm³/mol. The Morgan fingerprint density at radius 1 is 1.04 bits per heavy atom. The molecule has 0 fully saturated rings. The number of benzene rings is 2. The summed E-state index contributed by atoms with van der Waals surface area (Å²) in [6.07, 6.45) is 0. The van der Waals surface area contributed by atoms with Crippen molar-refractivity contribution in [3.8, 4) is 0 Å². The van der Waals surface area contributed by atoms with Crippen molar-refractivity contribution in [1.82, 2.24) is 16.2 Å². The molecule has 0 aliphatic carbocycles. The fraction of sp³-hybridized carbons (Fsp3) is 0.167. The zero-order chi connectivity index (χ0) is 20.5. The van der Waals surface area contributed by atoms with E-state index < -0.39 is 23.9 Å². The highest BCUT2D eigenvalue weighted by Crippen LogP contribution is 2.29. The summed E-state index contributed by atoms with van der Waals surface area (Å²) in [6.45, 7) is 1.49. The van der Waals surface area contributed by atoms with Crippen LogP contribution in [0.1, 0.15) is 6.92 Å². The molecule has 0 heterocycles. The average Bonchev–Trinajstić information content (AvgIpc) is 2.67. The highest BCUT2D eigenvalue weighted by molar-refractivity contribution is 8.00. The molecule has 0 unspecified atom stereocenters. The quantitative estimate of drug-likeness (QED) is 0.408. The highest BCUT2D eigenvalue weighted by Gasteiger charge is 2.16. The molecule has 2 rings (SSSR count). The standard InChI is InChI=1S/C18H18Cl2N4O3S/c1-11(21-18(27)22-13-5-3-2-4-6-13)17(26)24-23-16(25)10-28-15-9-12(19)7-8-14(15)20/h2-9,11H,10H2,1H3,(H,23,25)(H,24,26)(H2,21,22,27)/t11-/m0/s1. The zero-order valence-corrected chi connectivity index (χ0v) is 17.1. The van der Waals surface area contributed by atoms with Gasteiger partial charge in [0.2, 0.25) is 5.91 Å². The lowest BCUT2D eigenvalue weighted by Crippen LogP contribution is -2.52. The Morgan fingerprint density at radius 2 is 1.75 bits per heavy atom. The van der Waals surface area contributed by atoms with Gasteiger partial charge in [-0.25, -0.2) is 4.79 Å². The number of hydrazine groups is 1. The molecule has 7 nitrogen and oxygen atoms in total. The van der Waals surface area contributed by atoms with Gasteiger partial charge in [-0.05, 0) is 37.3 Å². The Morgan fingerprint density at radius 3 is 2.46 bits per heavy atom. The van der Waals surface area contributed by atoms with E-state index in [1.807, 2.05) is 6.07 Å². The van der Waals surface area contributed by atoms with Crippen molar-refractivity contribution in [2.24, 2.45) is 0 Å². The highest BCUT2D eigenvalue weighted by atomic mass is 35.5. The summed E-state index contributed by atoms with van der Waals surface area (Å²) in [5, 5.41) is 6.06. The SMILES string of the molecule is C[C@H](NC(=O)Nc1ccccc1)C(=O)NNC(=O)CSc1cc(Cl)ccc1Cl. The van der Waals surface area contributed by atoms with Gasteiger partial charge >= 0.3 is 6.03 Å². The van der Waals surface area contributed by atoms with Crippen molar-refractivity contribution in [3.63, 3.8) is 0 Å². The molecule has 0 saturated heterocycles. The van der Waals surface area contributed by atoms with Gasteiger partial charge in [0, 0.05) is 15.6 Å². The molecule has 0 radical (unpaired) electrons. The van der Waals surface area contributed by atoms with Crippen molar-refractivity contribution in [2.75, 3.05) is 11.1 Å². The number of halogens is 2. The van der Waals surface area contributed by atoms with E-state index in [4.69, 9.17) is 23.2 Å². The van der Waals surface area contributed by atoms with Crippen LogP contribution in [-0.4, -0.2) is 29.6 Å². The third kappa shape index (κ3) is 7.30. The monoisotopic (exact) mass is 440 g/mol. The summed E-state index contributed by atoms with van der Waals surface area (Å²) in [7, 11) is 0. The van der Waals surface area contributed by atoms with E-state index in [-0.39, 0.29) is 5.75 Å². The van der Waals surface area contributed by atoms with E-state index in [1.54, 1.807) is 42.5 Å². The Bertz CT molecular complexity index is 852. The number of para-hydroxylation sites is 1. The van der Waals surface area contributed by atoms with Crippen LogP contribution in [0.2, 0.25) is 10.0 Å². The van der Waals surface area contributed by atoms with Crippen LogP contribution in [0.25, 0.3) is 0 Å². The summed E-state index contributed by atoms with van der Waals surface area (Å²) < 4.78 is 0. The van der Waals surface area contributed by atoms with E-state index in [9.17, 15) is 14.4 Å². The summed E-state index contributed by atoms with van der Waals surface area (Å²) in [4.78, 5) is 36.4. The summed E-state index contributed by atoms with van der Waals surface area (Å²) in [6, 6.07) is 12.3. The number of rotatable bonds is 6. The van der Waals surface area contributed by atoms with Crippen molar-refractivity contribution in [1.29, 1.82) is 0 Å². The number of hydrogen-bond donors (Lipinski definition) is 4. The molecule has 0 saturated carbocycles. The van der Waals surface area contributed by atoms with E-state index in [0.717, 1.165) is 0 Å². The number of thioether (sulfide) groups is 1. The summed E-state index contributed by atoms with van der Waals surface area (Å²) in [5.74, 6) is -0.978. The van der Waals surface area contributed by atoms with Gasteiger partial charge in [0.15, 0.2) is 0 Å². The molecule has 4 amide bonds. The van der Waals surface area contributed by atoms with Crippen molar-refractivity contribution < 1.29 is 14.4 Å². The van der Waals surface area contributed by atoms with Crippen LogP contribution in [0.5, 0.6) is 0 Å². The molecule has 28 heavy (non-hydrogen) atoms. The zero-order valence-electron chi connectivity index (χ0n) is 14.8. The number of urea groups is 1. The maximum atomic E-state index is 12.0. The molecule has 0 spiro atoms. The van der Waals surface area contributed by atoms with Gasteiger partial charge in [0.05, 0.1) is 10.8 Å². The van der Waals surface area contributed by atoms with Gasteiger partial charge < -0.3 is 10.6 Å². The molecular formula is C18H18Cl2N4O3S. The summed E-state index contributed by atoms with van der Waals surface area (Å²) >= 11 is 13.1. The van der Waals surface area contributed by atoms with Gasteiger partial charge in [0.25, 0.3) is 5.91 Å². The number of nitrogens with one attached hydrogen (secondary N) is 4. The number of carbonyl (C=O) groups excluding carboxylic acids is 3. The predicted octanol–water partition coefficient (Wildman–Crippen LogP) is 3.44. The Balaban J connectivity index is 1.72. The Labute approximate surface area is 176 Å². The average molecular weight is 441 g/mol. The van der Waals surface area contributed by atoms with Gasteiger partial charge in [-0.15, -0.1) is 11.8 Å². The second-order valence-corrected chi connectivity index (χ2v) is 7.45. The normalized spacial score (nSPS) is 11.2. The third-order valence-corrected chi connectivity index (χ3v) is 5.08. The van der Waals surface area contributed by atoms with Crippen LogP contribution in [0, 0.1) is 0 Å². The number of anilines is 1. The van der Waals surface area contributed by atoms with E-state index in [2.05, 4.69) is 21.5 Å². The maximum absolute atomic E-state index is 12.0. The molecule has 0 aliphatic heterocycles. The molecular weight excluding hydrogens is 423 g/mol. The smallest absolute Gasteiger partial charge is 0.319 e. The molecule has 0 aromatic heterocycles. The minimum absolute atomic E-state index is 0.0244. The van der Waals surface area contributed by atoms with Crippen LogP contribution in [0.4, 0.5) is 10.5 Å². The number of carbonyl (C=O) groups is 3. The first-order valence-corrected chi connectivity index (χ1v) is 9.88. The van der Waals surface area contributed by atoms with E-state index in [1.165, 1.54) is 18.7 Å². The Kier molecular flexibility index (Phi) is 8.43. The van der Waals surface area contributed by atoms with Gasteiger partial charge in [-0.2, -0.15) is 0 Å². The van der Waals surface area contributed by atoms with Crippen LogP contribution < -0.4 is 21.5 Å². The first-order valence-electron chi connectivity index (χ1n) is 8.14. The molecule has 1 atom stereocenters. The fourth-order valence-electron chi connectivity index (χ4n) is 1.96. The van der Waals surface area contributed by atoms with Crippen LogP contribution in [0.3, 0.4) is 0 Å². The summed E-state index contributed by atoms with van der Waals surface area (Å²) in [5.41, 5.74) is 5.14. The molecule has 0 bridgehead atoms. The van der Waals surface area contributed by atoms with E-state index >= 15 is 0 Å². The lowest BCUT2D eigenvalue weighted by molar-refractivity contribution is -0.128. The minimum atomic E-state index is -0.862. The van der Waals surface area contributed by atoms with Crippen LogP contribution >= 0.6 is 35.0 Å². The van der Waals surface area contributed by atoms with Gasteiger partial charge in [-0.3, -0.25) is 20.4 Å². The van der Waals surface area contributed by atoms with Gasteiger partial charge in [0.1, 0.15) is 6.04 Å². The largest absolute Gasteiger partial charge is 0.326 e. The van der Waals surface area contributed by atoms with Crippen molar-refractivity contribution in [3.05, 3.63) is 58.6 Å². The Hall–Kier alpha value is -2.42. The fourth-order valence-corrected chi connectivity index (χ4v) is 3.25.